The topological polar surface area (TPSA) is 84.5 Å². The van der Waals surface area contributed by atoms with Gasteiger partial charge in [-0.3, -0.25) is 14.4 Å². The zero-order valence-corrected chi connectivity index (χ0v) is 18.6. The highest BCUT2D eigenvalue weighted by Gasteiger charge is 2.12. The molecule has 8 heteroatoms. The maximum absolute atomic E-state index is 11.9. The molecule has 0 aliphatic carbocycles. The van der Waals surface area contributed by atoms with Crippen LogP contribution in [-0.2, 0) is 19.1 Å². The molecule has 0 bridgehead atoms. The molecule has 0 unspecified atom stereocenters. The van der Waals surface area contributed by atoms with Crippen molar-refractivity contribution < 1.29 is 19.1 Å². The van der Waals surface area contributed by atoms with E-state index in [1.165, 1.54) is 0 Å². The summed E-state index contributed by atoms with van der Waals surface area (Å²) >= 11 is 6.78. The molecule has 2 aromatic rings. The molecule has 0 fully saturated rings. The SMILES string of the molecule is Cc1cc(NC(=O)COC(=O)CCC(=O)Nc2ccc(Br)cc2)cc(C)c1Br. The minimum absolute atomic E-state index is 0.0262. The summed E-state index contributed by atoms with van der Waals surface area (Å²) in [6.07, 6.45) is -0.131. The van der Waals surface area contributed by atoms with E-state index in [0.29, 0.717) is 11.4 Å². The van der Waals surface area contributed by atoms with Gasteiger partial charge in [0.05, 0.1) is 6.42 Å². The van der Waals surface area contributed by atoms with Gasteiger partial charge in [0.1, 0.15) is 0 Å². The number of rotatable bonds is 7. The van der Waals surface area contributed by atoms with Gasteiger partial charge in [0.15, 0.2) is 6.61 Å². The van der Waals surface area contributed by atoms with Gasteiger partial charge in [-0.05, 0) is 61.4 Å². The van der Waals surface area contributed by atoms with E-state index in [0.717, 1.165) is 20.1 Å². The minimum atomic E-state index is -0.607. The number of carbonyl (C=O) groups excluding carboxylic acids is 3. The Balaban J connectivity index is 1.72. The highest BCUT2D eigenvalue weighted by atomic mass is 79.9. The van der Waals surface area contributed by atoms with Gasteiger partial charge in [0.2, 0.25) is 5.91 Å². The summed E-state index contributed by atoms with van der Waals surface area (Å²) in [6.45, 7) is 3.44. The van der Waals surface area contributed by atoms with Crippen LogP contribution in [0.2, 0.25) is 0 Å². The number of carbonyl (C=O) groups is 3. The lowest BCUT2D eigenvalue weighted by molar-refractivity contribution is -0.147. The Morgan fingerprint density at radius 2 is 1.43 bits per heavy atom. The second-order valence-electron chi connectivity index (χ2n) is 6.19. The van der Waals surface area contributed by atoms with E-state index in [-0.39, 0.29) is 18.7 Å². The van der Waals surface area contributed by atoms with Gasteiger partial charge in [-0.1, -0.05) is 31.9 Å². The van der Waals surface area contributed by atoms with Gasteiger partial charge in [-0.15, -0.1) is 0 Å². The molecule has 6 nitrogen and oxygen atoms in total. The highest BCUT2D eigenvalue weighted by molar-refractivity contribution is 9.10. The molecule has 0 atom stereocenters. The average Bonchev–Trinajstić information content (AvgIpc) is 2.64. The molecule has 2 aromatic carbocycles. The maximum atomic E-state index is 11.9. The second kappa shape index (κ2) is 10.4. The number of halogens is 2. The predicted octanol–water partition coefficient (Wildman–Crippen LogP) is 4.73. The Morgan fingerprint density at radius 1 is 0.857 bits per heavy atom. The number of ether oxygens (including phenoxy) is 1. The fourth-order valence-electron chi connectivity index (χ4n) is 2.41. The summed E-state index contributed by atoms with van der Waals surface area (Å²) in [6, 6.07) is 10.7. The third-order valence-corrected chi connectivity index (χ3v) is 5.55. The standard InChI is InChI=1S/C20H20Br2N2O4/c1-12-9-16(10-13(2)20(12)22)24-18(26)11-28-19(27)8-7-17(25)23-15-5-3-14(21)4-6-15/h3-6,9-10H,7-8,11H2,1-2H3,(H,23,25)(H,24,26). The van der Waals surface area contributed by atoms with E-state index in [1.54, 1.807) is 24.3 Å². The smallest absolute Gasteiger partial charge is 0.306 e. The maximum Gasteiger partial charge on any atom is 0.306 e. The first-order chi connectivity index (χ1) is 13.2. The van der Waals surface area contributed by atoms with E-state index in [4.69, 9.17) is 4.74 Å². The normalized spacial score (nSPS) is 10.3. The predicted molar refractivity (Wildman–Crippen MR) is 115 cm³/mol. The lowest BCUT2D eigenvalue weighted by Gasteiger charge is -2.10. The first-order valence-corrected chi connectivity index (χ1v) is 10.1. The summed E-state index contributed by atoms with van der Waals surface area (Å²) in [7, 11) is 0. The van der Waals surface area contributed by atoms with Gasteiger partial charge in [0.25, 0.3) is 5.91 Å². The molecule has 0 aromatic heterocycles. The number of amides is 2. The lowest BCUT2D eigenvalue weighted by Crippen LogP contribution is -2.22. The van der Waals surface area contributed by atoms with Crippen LogP contribution in [0.1, 0.15) is 24.0 Å². The fourth-order valence-corrected chi connectivity index (χ4v) is 2.90. The van der Waals surface area contributed by atoms with Crippen molar-refractivity contribution in [2.45, 2.75) is 26.7 Å². The molecule has 0 spiro atoms. The van der Waals surface area contributed by atoms with Crippen LogP contribution in [0.25, 0.3) is 0 Å². The Hall–Kier alpha value is -2.19. The molecule has 2 N–H and O–H groups in total. The van der Waals surface area contributed by atoms with Gasteiger partial charge >= 0.3 is 5.97 Å². The zero-order valence-electron chi connectivity index (χ0n) is 15.5. The molecule has 148 valence electrons. The largest absolute Gasteiger partial charge is 0.456 e. The van der Waals surface area contributed by atoms with Crippen LogP contribution in [0, 0.1) is 13.8 Å². The van der Waals surface area contributed by atoms with E-state index in [2.05, 4.69) is 42.5 Å². The van der Waals surface area contributed by atoms with Crippen LogP contribution < -0.4 is 10.6 Å². The fraction of sp³-hybridized carbons (Fsp3) is 0.250. The van der Waals surface area contributed by atoms with E-state index >= 15 is 0 Å². The quantitative estimate of drug-likeness (QED) is 0.526. The van der Waals surface area contributed by atoms with E-state index in [1.807, 2.05) is 26.0 Å². The van der Waals surface area contributed by atoms with Crippen LogP contribution in [0.5, 0.6) is 0 Å². The third kappa shape index (κ3) is 7.09. The van der Waals surface area contributed by atoms with Crippen molar-refractivity contribution in [3.05, 3.63) is 56.5 Å². The van der Waals surface area contributed by atoms with Crippen molar-refractivity contribution in [2.24, 2.45) is 0 Å². The molecule has 0 radical (unpaired) electrons. The Kier molecular flexibility index (Phi) is 8.19. The molecule has 2 amide bonds. The summed E-state index contributed by atoms with van der Waals surface area (Å²) in [4.78, 5) is 35.6. The summed E-state index contributed by atoms with van der Waals surface area (Å²) in [5.74, 6) is -1.34. The number of benzene rings is 2. The number of anilines is 2. The Labute approximate surface area is 180 Å². The highest BCUT2D eigenvalue weighted by Crippen LogP contribution is 2.25. The van der Waals surface area contributed by atoms with Crippen molar-refractivity contribution in [3.8, 4) is 0 Å². The lowest BCUT2D eigenvalue weighted by atomic mass is 10.1. The Bertz CT molecular complexity index is 859. The van der Waals surface area contributed by atoms with Gasteiger partial charge < -0.3 is 15.4 Å². The molecule has 0 heterocycles. The van der Waals surface area contributed by atoms with Crippen LogP contribution >= 0.6 is 31.9 Å². The molecule has 0 saturated heterocycles. The van der Waals surface area contributed by atoms with Crippen molar-refractivity contribution >= 4 is 61.0 Å². The molecule has 28 heavy (non-hydrogen) atoms. The van der Waals surface area contributed by atoms with Crippen molar-refractivity contribution in [1.29, 1.82) is 0 Å². The second-order valence-corrected chi connectivity index (χ2v) is 7.90. The summed E-state index contributed by atoms with van der Waals surface area (Å²) in [5, 5.41) is 5.37. The summed E-state index contributed by atoms with van der Waals surface area (Å²) < 4.78 is 6.82. The van der Waals surface area contributed by atoms with Crippen molar-refractivity contribution in [2.75, 3.05) is 17.2 Å². The van der Waals surface area contributed by atoms with Crippen molar-refractivity contribution in [3.63, 3.8) is 0 Å². The number of aryl methyl sites for hydroxylation is 2. The van der Waals surface area contributed by atoms with Gasteiger partial charge in [-0.2, -0.15) is 0 Å². The van der Waals surface area contributed by atoms with E-state index < -0.39 is 18.5 Å². The monoisotopic (exact) mass is 510 g/mol. The van der Waals surface area contributed by atoms with Crippen LogP contribution in [0.15, 0.2) is 45.3 Å². The molecular weight excluding hydrogens is 492 g/mol. The Morgan fingerprint density at radius 3 is 2.04 bits per heavy atom. The molecular formula is C20H20Br2N2O4. The van der Waals surface area contributed by atoms with Crippen LogP contribution in [0.3, 0.4) is 0 Å². The first-order valence-electron chi connectivity index (χ1n) is 8.52. The van der Waals surface area contributed by atoms with Crippen LogP contribution in [0.4, 0.5) is 11.4 Å². The molecule has 0 aliphatic rings. The summed E-state index contributed by atoms with van der Waals surface area (Å²) in [5.41, 5.74) is 3.25. The molecule has 2 rings (SSSR count). The number of esters is 1. The third-order valence-electron chi connectivity index (χ3n) is 3.77. The number of hydrogen-bond acceptors (Lipinski definition) is 4. The van der Waals surface area contributed by atoms with Crippen LogP contribution in [-0.4, -0.2) is 24.4 Å². The molecule has 0 saturated carbocycles. The zero-order chi connectivity index (χ0) is 20.7. The van der Waals surface area contributed by atoms with Gasteiger partial charge in [0, 0.05) is 26.7 Å². The number of hydrogen-bond donors (Lipinski definition) is 2. The van der Waals surface area contributed by atoms with E-state index in [9.17, 15) is 14.4 Å². The average molecular weight is 512 g/mol. The minimum Gasteiger partial charge on any atom is -0.456 e. The number of nitrogens with one attached hydrogen (secondary N) is 2. The molecule has 0 aliphatic heterocycles. The first kappa shape index (κ1) is 22.1. The van der Waals surface area contributed by atoms with Gasteiger partial charge in [-0.25, -0.2) is 0 Å². The van der Waals surface area contributed by atoms with Crippen molar-refractivity contribution in [1.82, 2.24) is 0 Å².